The van der Waals surface area contributed by atoms with Crippen molar-refractivity contribution in [2.45, 2.75) is 0 Å². The van der Waals surface area contributed by atoms with Gasteiger partial charge in [-0.3, -0.25) is 4.79 Å². The maximum absolute atomic E-state index is 10.4. The molecule has 13 heavy (non-hydrogen) atoms. The summed E-state index contributed by atoms with van der Waals surface area (Å²) in [4.78, 5) is 10.4. The molecule has 64 valence electrons. The topological polar surface area (TPSA) is 43.1 Å². The Kier molecular flexibility index (Phi) is 2.88. The maximum Gasteiger partial charge on any atom is 0.241 e. The number of hydrogen-bond donors (Lipinski definition) is 1. The van der Waals surface area contributed by atoms with Crippen LogP contribution in [0.25, 0.3) is 6.08 Å². The van der Waals surface area contributed by atoms with Gasteiger partial charge in [-0.05, 0) is 23.8 Å². The number of carbonyl (C=O) groups excluding carboxylic acids is 1. The molecule has 2 heteroatoms. The van der Waals surface area contributed by atoms with Crippen LogP contribution in [0, 0.1) is 12.3 Å². The number of nitrogens with two attached hydrogens (primary N) is 1. The van der Waals surface area contributed by atoms with Crippen LogP contribution in [0.1, 0.15) is 11.1 Å². The van der Waals surface area contributed by atoms with E-state index in [1.54, 1.807) is 12.1 Å². The first-order chi connectivity index (χ1) is 6.22. The number of primary amides is 1. The second-order valence-electron chi connectivity index (χ2n) is 2.51. The quantitative estimate of drug-likeness (QED) is 0.526. The number of benzene rings is 1. The predicted octanol–water partition coefficient (Wildman–Crippen LogP) is 1.17. The van der Waals surface area contributed by atoms with Crippen LogP contribution in [0.2, 0.25) is 0 Å². The largest absolute Gasteiger partial charge is 0.366 e. The summed E-state index contributed by atoms with van der Waals surface area (Å²) in [7, 11) is 0. The van der Waals surface area contributed by atoms with E-state index in [2.05, 4.69) is 5.92 Å². The molecule has 2 N–H and O–H groups in total. The van der Waals surface area contributed by atoms with Gasteiger partial charge in [0.25, 0.3) is 0 Å². The lowest BCUT2D eigenvalue weighted by molar-refractivity contribution is -0.113. The lowest BCUT2D eigenvalue weighted by Crippen LogP contribution is -2.05. The van der Waals surface area contributed by atoms with E-state index in [4.69, 9.17) is 12.2 Å². The highest BCUT2D eigenvalue weighted by Gasteiger charge is 1.89. The Morgan fingerprint density at radius 1 is 1.54 bits per heavy atom. The summed E-state index contributed by atoms with van der Waals surface area (Å²) in [5.74, 6) is 2.04. The zero-order valence-electron chi connectivity index (χ0n) is 7.03. The monoisotopic (exact) mass is 171 g/mol. The van der Waals surface area contributed by atoms with E-state index in [-0.39, 0.29) is 0 Å². The van der Waals surface area contributed by atoms with Crippen LogP contribution in [-0.2, 0) is 4.79 Å². The summed E-state index contributed by atoms with van der Waals surface area (Å²) >= 11 is 0. The van der Waals surface area contributed by atoms with Crippen LogP contribution in [0.15, 0.2) is 30.3 Å². The van der Waals surface area contributed by atoms with E-state index < -0.39 is 5.91 Å². The SMILES string of the molecule is C#Cc1cccc(C=CC(N)=O)c1. The fourth-order valence-electron chi connectivity index (χ4n) is 0.910. The standard InChI is InChI=1S/C11H9NO/c1-2-9-4-3-5-10(8-9)6-7-11(12)13/h1,3-8H,(H2,12,13). The second-order valence-corrected chi connectivity index (χ2v) is 2.51. The van der Waals surface area contributed by atoms with Gasteiger partial charge in [0.1, 0.15) is 0 Å². The van der Waals surface area contributed by atoms with Gasteiger partial charge in [-0.2, -0.15) is 0 Å². The molecule has 0 aromatic heterocycles. The fourth-order valence-corrected chi connectivity index (χ4v) is 0.910. The molecule has 2 nitrogen and oxygen atoms in total. The summed E-state index contributed by atoms with van der Waals surface area (Å²) in [6.45, 7) is 0. The zero-order valence-corrected chi connectivity index (χ0v) is 7.03. The van der Waals surface area contributed by atoms with Crippen LogP contribution in [0.4, 0.5) is 0 Å². The van der Waals surface area contributed by atoms with E-state index in [1.807, 2.05) is 18.2 Å². The van der Waals surface area contributed by atoms with Crippen LogP contribution in [0.5, 0.6) is 0 Å². The van der Waals surface area contributed by atoms with Gasteiger partial charge < -0.3 is 5.73 Å². The summed E-state index contributed by atoms with van der Waals surface area (Å²) in [6, 6.07) is 7.30. The van der Waals surface area contributed by atoms with Gasteiger partial charge in [0.05, 0.1) is 0 Å². The molecule has 0 aliphatic carbocycles. The van der Waals surface area contributed by atoms with E-state index in [0.717, 1.165) is 11.1 Å². The highest BCUT2D eigenvalue weighted by molar-refractivity contribution is 5.90. The predicted molar refractivity (Wildman–Crippen MR) is 52.6 cm³/mol. The molecule has 0 radical (unpaired) electrons. The molecule has 0 bridgehead atoms. The van der Waals surface area contributed by atoms with Crippen LogP contribution in [-0.4, -0.2) is 5.91 Å². The second kappa shape index (κ2) is 4.13. The van der Waals surface area contributed by atoms with Gasteiger partial charge in [0.15, 0.2) is 0 Å². The molecule has 0 unspecified atom stereocenters. The summed E-state index contributed by atoms with van der Waals surface area (Å²) in [6.07, 6.45) is 8.14. The lowest BCUT2D eigenvalue weighted by atomic mass is 10.1. The van der Waals surface area contributed by atoms with E-state index >= 15 is 0 Å². The number of rotatable bonds is 2. The molecule has 0 heterocycles. The van der Waals surface area contributed by atoms with E-state index in [9.17, 15) is 4.79 Å². The normalized spacial score (nSPS) is 9.77. The molecule has 0 spiro atoms. The minimum absolute atomic E-state index is 0.467. The molecule has 0 aliphatic heterocycles. The number of carbonyl (C=O) groups is 1. The molecule has 0 fully saturated rings. The van der Waals surface area contributed by atoms with E-state index in [1.165, 1.54) is 6.08 Å². The van der Waals surface area contributed by atoms with Crippen molar-refractivity contribution in [3.8, 4) is 12.3 Å². The number of hydrogen-bond acceptors (Lipinski definition) is 1. The lowest BCUT2D eigenvalue weighted by Gasteiger charge is -1.93. The minimum Gasteiger partial charge on any atom is -0.366 e. The Balaban J connectivity index is 2.91. The maximum atomic E-state index is 10.4. The van der Waals surface area contributed by atoms with Crippen molar-refractivity contribution in [1.82, 2.24) is 0 Å². The summed E-state index contributed by atoms with van der Waals surface area (Å²) in [5.41, 5.74) is 6.60. The third-order valence-electron chi connectivity index (χ3n) is 1.49. The highest BCUT2D eigenvalue weighted by Crippen LogP contribution is 2.05. The Hall–Kier alpha value is -2.01. The first-order valence-corrected chi connectivity index (χ1v) is 3.76. The van der Waals surface area contributed by atoms with Crippen molar-refractivity contribution in [3.63, 3.8) is 0 Å². The van der Waals surface area contributed by atoms with Crippen LogP contribution >= 0.6 is 0 Å². The third-order valence-corrected chi connectivity index (χ3v) is 1.49. The first kappa shape index (κ1) is 9.08. The molecule has 1 aromatic carbocycles. The molecular weight excluding hydrogens is 162 g/mol. The Morgan fingerprint density at radius 3 is 2.92 bits per heavy atom. The molecule has 1 aromatic rings. The van der Waals surface area contributed by atoms with Crippen molar-refractivity contribution in [3.05, 3.63) is 41.5 Å². The Bertz CT molecular complexity index is 385. The van der Waals surface area contributed by atoms with Crippen molar-refractivity contribution >= 4 is 12.0 Å². The van der Waals surface area contributed by atoms with Gasteiger partial charge in [-0.25, -0.2) is 0 Å². The molecule has 0 saturated heterocycles. The van der Waals surface area contributed by atoms with Crippen molar-refractivity contribution in [2.24, 2.45) is 5.73 Å². The van der Waals surface area contributed by atoms with Gasteiger partial charge >= 0.3 is 0 Å². The first-order valence-electron chi connectivity index (χ1n) is 3.76. The highest BCUT2D eigenvalue weighted by atomic mass is 16.1. The van der Waals surface area contributed by atoms with Crippen molar-refractivity contribution < 1.29 is 4.79 Å². The van der Waals surface area contributed by atoms with Crippen LogP contribution < -0.4 is 5.73 Å². The molecule has 0 aliphatic rings. The average molecular weight is 171 g/mol. The minimum atomic E-state index is -0.467. The third kappa shape index (κ3) is 2.84. The molecule has 0 saturated carbocycles. The Morgan fingerprint density at radius 2 is 2.31 bits per heavy atom. The van der Waals surface area contributed by atoms with Gasteiger partial charge in [0, 0.05) is 11.6 Å². The smallest absolute Gasteiger partial charge is 0.241 e. The fraction of sp³-hybridized carbons (Fsp3) is 0. The van der Waals surface area contributed by atoms with Crippen molar-refractivity contribution in [2.75, 3.05) is 0 Å². The van der Waals surface area contributed by atoms with Crippen LogP contribution in [0.3, 0.4) is 0 Å². The van der Waals surface area contributed by atoms with E-state index in [0.29, 0.717) is 0 Å². The number of amides is 1. The molecule has 1 amide bonds. The zero-order chi connectivity index (χ0) is 9.68. The average Bonchev–Trinajstić information content (AvgIpc) is 2.15. The Labute approximate surface area is 77.1 Å². The summed E-state index contributed by atoms with van der Waals surface area (Å²) in [5, 5.41) is 0. The number of terminal acetylenes is 1. The van der Waals surface area contributed by atoms with Gasteiger partial charge in [-0.15, -0.1) is 6.42 Å². The molecule has 1 rings (SSSR count). The van der Waals surface area contributed by atoms with Crippen molar-refractivity contribution in [1.29, 1.82) is 0 Å². The van der Waals surface area contributed by atoms with Gasteiger partial charge in [0.2, 0.25) is 5.91 Å². The molecule has 0 atom stereocenters. The molecular formula is C11H9NO. The van der Waals surface area contributed by atoms with Gasteiger partial charge in [-0.1, -0.05) is 18.1 Å². The summed E-state index contributed by atoms with van der Waals surface area (Å²) < 4.78 is 0.